The number of rotatable bonds is 4. The van der Waals surface area contributed by atoms with E-state index in [9.17, 15) is 10.0 Å². The van der Waals surface area contributed by atoms with Gasteiger partial charge in [0, 0.05) is 5.56 Å². The van der Waals surface area contributed by atoms with Crippen molar-refractivity contribution in [2.45, 2.75) is 6.92 Å². The van der Waals surface area contributed by atoms with E-state index in [0.717, 1.165) is 0 Å². The molecule has 0 bridgehead atoms. The minimum absolute atomic E-state index is 0.0606. The highest BCUT2D eigenvalue weighted by atomic mass is 16.8. The van der Waals surface area contributed by atoms with Gasteiger partial charge in [-0.1, -0.05) is 18.2 Å². The molecule has 0 aliphatic heterocycles. The standard InChI is InChI=1S/C12H11N2O4/c1-2-18-12(15)10(8-13)7-9-5-3-4-6-11(9)14(16)17/h3-7,16H,2H2,1H3/q-1/b10-7-. The summed E-state index contributed by atoms with van der Waals surface area (Å²) < 4.78 is 4.68. The number of esters is 1. The quantitative estimate of drug-likeness (QED) is 0.377. The Bertz CT molecular complexity index is 503. The summed E-state index contributed by atoms with van der Waals surface area (Å²) in [5, 5.41) is 28.3. The molecule has 6 nitrogen and oxygen atoms in total. The van der Waals surface area contributed by atoms with E-state index in [0.29, 0.717) is 0 Å². The van der Waals surface area contributed by atoms with Crippen LogP contribution >= 0.6 is 0 Å². The Morgan fingerprint density at radius 2 is 2.28 bits per heavy atom. The van der Waals surface area contributed by atoms with Crippen molar-refractivity contribution in [2.24, 2.45) is 0 Å². The molecule has 1 N–H and O–H groups in total. The smallest absolute Gasteiger partial charge is 0.348 e. The summed E-state index contributed by atoms with van der Waals surface area (Å²) in [5.74, 6) is -0.773. The fourth-order valence-corrected chi connectivity index (χ4v) is 1.28. The van der Waals surface area contributed by atoms with Gasteiger partial charge in [0.2, 0.25) is 0 Å². The third-order valence-electron chi connectivity index (χ3n) is 2.06. The summed E-state index contributed by atoms with van der Waals surface area (Å²) in [5.41, 5.74) is -0.0553. The van der Waals surface area contributed by atoms with Gasteiger partial charge in [-0.25, -0.2) is 4.79 Å². The minimum atomic E-state index is -0.773. The average Bonchev–Trinajstić information content (AvgIpc) is 2.36. The van der Waals surface area contributed by atoms with Crippen molar-refractivity contribution < 1.29 is 14.7 Å². The maximum atomic E-state index is 11.4. The van der Waals surface area contributed by atoms with E-state index in [2.05, 4.69) is 4.74 Å². The third-order valence-corrected chi connectivity index (χ3v) is 2.06. The molecule has 0 saturated carbocycles. The second kappa shape index (κ2) is 6.39. The largest absolute Gasteiger partial charge is 0.733 e. The molecular weight excluding hydrogens is 236 g/mol. The minimum Gasteiger partial charge on any atom is -0.733 e. The molecule has 0 spiro atoms. The van der Waals surface area contributed by atoms with Crippen LogP contribution in [0.1, 0.15) is 12.5 Å². The molecule has 0 heterocycles. The number of nitriles is 1. The molecule has 0 atom stereocenters. The van der Waals surface area contributed by atoms with Crippen molar-refractivity contribution in [1.29, 1.82) is 5.26 Å². The van der Waals surface area contributed by atoms with Gasteiger partial charge in [-0.2, -0.15) is 5.26 Å². The Balaban J connectivity index is 3.14. The first kappa shape index (κ1) is 13.7. The highest BCUT2D eigenvalue weighted by Crippen LogP contribution is 2.21. The summed E-state index contributed by atoms with van der Waals surface area (Å²) in [4.78, 5) is 11.4. The molecule has 1 aromatic rings. The van der Waals surface area contributed by atoms with Crippen molar-refractivity contribution in [3.05, 3.63) is 40.6 Å². The van der Waals surface area contributed by atoms with E-state index < -0.39 is 5.97 Å². The Morgan fingerprint density at radius 1 is 1.61 bits per heavy atom. The van der Waals surface area contributed by atoms with E-state index in [1.807, 2.05) is 0 Å². The summed E-state index contributed by atoms with van der Waals surface area (Å²) >= 11 is 0. The first-order chi connectivity index (χ1) is 8.60. The Hall–Kier alpha value is -2.36. The molecule has 0 aliphatic rings. The molecule has 94 valence electrons. The zero-order valence-electron chi connectivity index (χ0n) is 9.66. The average molecular weight is 247 g/mol. The van der Waals surface area contributed by atoms with E-state index in [1.165, 1.54) is 18.2 Å². The maximum Gasteiger partial charge on any atom is 0.348 e. The molecule has 0 saturated heterocycles. The number of hydrogen-bond acceptors (Lipinski definition) is 6. The number of carbonyl (C=O) groups excluding carboxylic acids is 1. The molecular formula is C12H11N2O4-. The highest BCUT2D eigenvalue weighted by Gasteiger charge is 2.11. The SMILES string of the molecule is CCOC(=O)/C(C#N)=C\c1ccccc1N([O-])O. The summed E-state index contributed by atoms with van der Waals surface area (Å²) in [6.07, 6.45) is 1.19. The molecule has 0 radical (unpaired) electrons. The van der Waals surface area contributed by atoms with Gasteiger partial charge in [0.1, 0.15) is 11.6 Å². The van der Waals surface area contributed by atoms with Crippen LogP contribution in [0.3, 0.4) is 0 Å². The van der Waals surface area contributed by atoms with Crippen LogP contribution in [0.15, 0.2) is 29.8 Å². The number of hydrogen-bond donors (Lipinski definition) is 1. The third kappa shape index (κ3) is 3.31. The molecule has 1 aromatic carbocycles. The van der Waals surface area contributed by atoms with Crippen LogP contribution in [-0.2, 0) is 9.53 Å². The first-order valence-electron chi connectivity index (χ1n) is 5.14. The fourth-order valence-electron chi connectivity index (χ4n) is 1.28. The number of carbonyl (C=O) groups is 1. The van der Waals surface area contributed by atoms with Crippen molar-refractivity contribution in [1.82, 2.24) is 0 Å². The second-order valence-corrected chi connectivity index (χ2v) is 3.22. The molecule has 0 aromatic heterocycles. The molecule has 0 amide bonds. The topological polar surface area (TPSA) is 96.6 Å². The van der Waals surface area contributed by atoms with Crippen LogP contribution in [0.5, 0.6) is 0 Å². The van der Waals surface area contributed by atoms with Gasteiger partial charge in [-0.15, -0.1) is 0 Å². The van der Waals surface area contributed by atoms with Crippen LogP contribution in [0.4, 0.5) is 5.69 Å². The van der Waals surface area contributed by atoms with E-state index >= 15 is 0 Å². The predicted molar refractivity (Wildman–Crippen MR) is 64.3 cm³/mol. The van der Waals surface area contributed by atoms with Gasteiger partial charge in [0.25, 0.3) is 0 Å². The number of nitrogens with zero attached hydrogens (tertiary/aromatic N) is 2. The van der Waals surface area contributed by atoms with Gasteiger partial charge < -0.3 is 15.2 Å². The van der Waals surface area contributed by atoms with Crippen molar-refractivity contribution in [2.75, 3.05) is 11.8 Å². The van der Waals surface area contributed by atoms with Crippen LogP contribution < -0.4 is 5.23 Å². The lowest BCUT2D eigenvalue weighted by molar-refractivity contribution is -0.137. The van der Waals surface area contributed by atoms with Crippen molar-refractivity contribution >= 4 is 17.7 Å². The molecule has 18 heavy (non-hydrogen) atoms. The van der Waals surface area contributed by atoms with Crippen molar-refractivity contribution in [3.8, 4) is 6.07 Å². The number of benzene rings is 1. The van der Waals surface area contributed by atoms with E-state index in [4.69, 9.17) is 10.5 Å². The lowest BCUT2D eigenvalue weighted by atomic mass is 10.1. The maximum absolute atomic E-state index is 11.4. The Morgan fingerprint density at radius 3 is 2.83 bits per heavy atom. The first-order valence-corrected chi connectivity index (χ1v) is 5.14. The lowest BCUT2D eigenvalue weighted by Gasteiger charge is -2.23. The van der Waals surface area contributed by atoms with Crippen LogP contribution in [0.2, 0.25) is 0 Å². The van der Waals surface area contributed by atoms with Crippen LogP contribution in [0.25, 0.3) is 6.08 Å². The number of para-hydroxylation sites is 1. The fraction of sp³-hybridized carbons (Fsp3) is 0.167. The lowest BCUT2D eigenvalue weighted by Crippen LogP contribution is -2.09. The second-order valence-electron chi connectivity index (χ2n) is 3.22. The summed E-state index contributed by atoms with van der Waals surface area (Å²) in [7, 11) is 0. The van der Waals surface area contributed by atoms with Gasteiger partial charge >= 0.3 is 5.97 Å². The molecule has 0 aliphatic carbocycles. The molecule has 0 unspecified atom stereocenters. The molecule has 0 fully saturated rings. The van der Waals surface area contributed by atoms with Crippen LogP contribution in [0, 0.1) is 16.5 Å². The summed E-state index contributed by atoms with van der Waals surface area (Å²) in [6, 6.07) is 7.69. The Kier molecular flexibility index (Phi) is 4.87. The molecule has 1 rings (SSSR count). The van der Waals surface area contributed by atoms with Gasteiger partial charge in [0.05, 0.1) is 12.3 Å². The number of ether oxygens (including phenoxy) is 1. The van der Waals surface area contributed by atoms with E-state index in [1.54, 1.807) is 25.1 Å². The highest BCUT2D eigenvalue weighted by molar-refractivity contribution is 5.98. The van der Waals surface area contributed by atoms with Crippen molar-refractivity contribution in [3.63, 3.8) is 0 Å². The Labute approximate surface area is 104 Å². The normalized spacial score (nSPS) is 10.7. The van der Waals surface area contributed by atoms with Gasteiger partial charge in [-0.3, -0.25) is 5.21 Å². The number of anilines is 1. The van der Waals surface area contributed by atoms with E-state index in [-0.39, 0.29) is 28.7 Å². The van der Waals surface area contributed by atoms with Gasteiger partial charge in [-0.05, 0) is 19.1 Å². The zero-order chi connectivity index (χ0) is 13.5. The molecule has 6 heteroatoms. The monoisotopic (exact) mass is 247 g/mol. The predicted octanol–water partition coefficient (Wildman–Crippen LogP) is 1.85. The zero-order valence-corrected chi connectivity index (χ0v) is 9.66. The van der Waals surface area contributed by atoms with Crippen LogP contribution in [-0.4, -0.2) is 17.8 Å². The van der Waals surface area contributed by atoms with Gasteiger partial charge in [0.15, 0.2) is 0 Å². The summed E-state index contributed by atoms with van der Waals surface area (Å²) in [6.45, 7) is 1.77.